The fraction of sp³-hybridized carbons (Fsp3) is 1.00. The van der Waals surface area contributed by atoms with Crippen LogP contribution in [0.15, 0.2) is 0 Å². The molecule has 3 nitrogen and oxygen atoms in total. The standard InChI is InChI=1S/C16H33NO2Si/c1-13-6-8-16(9-7-13)20(18-4,19-5)17-11-14(2)10-15(3)12-17/h13-16H,6-12H2,1-5H3. The summed E-state index contributed by atoms with van der Waals surface area (Å²) in [4.78, 5) is 0. The second-order valence-corrected chi connectivity index (χ2v) is 10.9. The van der Waals surface area contributed by atoms with Gasteiger partial charge in [0, 0.05) is 19.8 Å². The summed E-state index contributed by atoms with van der Waals surface area (Å²) in [6.45, 7) is 9.44. The highest BCUT2D eigenvalue weighted by Crippen LogP contribution is 2.42. The lowest BCUT2D eigenvalue weighted by Crippen LogP contribution is -2.64. The average Bonchev–Trinajstić information content (AvgIpc) is 2.41. The van der Waals surface area contributed by atoms with Crippen LogP contribution in [0.2, 0.25) is 5.54 Å². The minimum atomic E-state index is -2.22. The highest BCUT2D eigenvalue weighted by molar-refractivity contribution is 6.66. The first-order valence-electron chi connectivity index (χ1n) is 8.37. The minimum Gasteiger partial charge on any atom is -0.386 e. The zero-order valence-electron chi connectivity index (χ0n) is 14.0. The van der Waals surface area contributed by atoms with Crippen LogP contribution in [-0.2, 0) is 8.85 Å². The number of hydrogen-bond donors (Lipinski definition) is 0. The van der Waals surface area contributed by atoms with Crippen molar-refractivity contribution in [2.24, 2.45) is 17.8 Å². The Bertz CT molecular complexity index is 291. The molecule has 0 spiro atoms. The summed E-state index contributed by atoms with van der Waals surface area (Å²) in [7, 11) is 1.55. The number of rotatable bonds is 4. The van der Waals surface area contributed by atoms with Gasteiger partial charge in [0.2, 0.25) is 0 Å². The van der Waals surface area contributed by atoms with Gasteiger partial charge in [-0.25, -0.2) is 0 Å². The monoisotopic (exact) mass is 299 g/mol. The van der Waals surface area contributed by atoms with Crippen molar-refractivity contribution in [1.82, 2.24) is 4.57 Å². The largest absolute Gasteiger partial charge is 0.430 e. The van der Waals surface area contributed by atoms with Crippen molar-refractivity contribution >= 4 is 8.72 Å². The molecule has 1 saturated carbocycles. The SMILES string of the molecule is CO[Si](OC)(C1CCC(C)CC1)N1CC(C)CC(C)C1. The van der Waals surface area contributed by atoms with Crippen molar-refractivity contribution in [1.29, 1.82) is 0 Å². The lowest BCUT2D eigenvalue weighted by molar-refractivity contribution is 0.0969. The molecule has 1 aliphatic heterocycles. The van der Waals surface area contributed by atoms with E-state index in [4.69, 9.17) is 8.85 Å². The van der Waals surface area contributed by atoms with Crippen LogP contribution in [0.25, 0.3) is 0 Å². The van der Waals surface area contributed by atoms with Crippen LogP contribution in [0.3, 0.4) is 0 Å². The molecule has 0 N–H and O–H groups in total. The van der Waals surface area contributed by atoms with Gasteiger partial charge in [0.15, 0.2) is 0 Å². The molecule has 0 aromatic rings. The molecule has 0 aromatic heterocycles. The molecule has 4 heteroatoms. The summed E-state index contributed by atoms with van der Waals surface area (Å²) in [6, 6.07) is 0. The molecule has 118 valence electrons. The highest BCUT2D eigenvalue weighted by atomic mass is 28.4. The maximum absolute atomic E-state index is 6.14. The van der Waals surface area contributed by atoms with Gasteiger partial charge in [-0.2, -0.15) is 0 Å². The second kappa shape index (κ2) is 6.90. The third-order valence-electron chi connectivity index (χ3n) is 5.43. The summed E-state index contributed by atoms with van der Waals surface area (Å²) in [5, 5.41) is 0. The Morgan fingerprint density at radius 3 is 1.75 bits per heavy atom. The molecule has 0 bridgehead atoms. The molecule has 0 aromatic carbocycles. The normalized spacial score (nSPS) is 37.0. The average molecular weight is 300 g/mol. The Kier molecular flexibility index (Phi) is 5.68. The van der Waals surface area contributed by atoms with Crippen molar-refractivity contribution in [2.45, 2.75) is 58.4 Å². The second-order valence-electron chi connectivity index (χ2n) is 7.35. The third kappa shape index (κ3) is 3.29. The van der Waals surface area contributed by atoms with Gasteiger partial charge < -0.3 is 8.85 Å². The van der Waals surface area contributed by atoms with Gasteiger partial charge >= 0.3 is 8.72 Å². The van der Waals surface area contributed by atoms with E-state index in [1.807, 2.05) is 14.2 Å². The topological polar surface area (TPSA) is 21.7 Å². The molecule has 2 aliphatic rings. The Labute approximate surface area is 126 Å². The number of piperidine rings is 1. The molecule has 1 aliphatic carbocycles. The number of nitrogens with zero attached hydrogens (tertiary/aromatic N) is 1. The van der Waals surface area contributed by atoms with Crippen LogP contribution in [-0.4, -0.2) is 40.6 Å². The van der Waals surface area contributed by atoms with E-state index in [0.29, 0.717) is 5.54 Å². The molecule has 0 radical (unpaired) electrons. The van der Waals surface area contributed by atoms with Crippen molar-refractivity contribution in [3.05, 3.63) is 0 Å². The first-order chi connectivity index (χ1) is 9.51. The van der Waals surface area contributed by atoms with Crippen LogP contribution in [0.4, 0.5) is 0 Å². The Balaban J connectivity index is 2.15. The summed E-state index contributed by atoms with van der Waals surface area (Å²) in [5.74, 6) is 2.41. The predicted molar refractivity (Wildman–Crippen MR) is 85.7 cm³/mol. The van der Waals surface area contributed by atoms with E-state index >= 15 is 0 Å². The van der Waals surface area contributed by atoms with Gasteiger partial charge in [0.25, 0.3) is 0 Å². The summed E-state index contributed by atoms with van der Waals surface area (Å²) < 4.78 is 14.9. The first kappa shape index (κ1) is 16.5. The smallest absolute Gasteiger partial charge is 0.386 e. The molecule has 2 atom stereocenters. The van der Waals surface area contributed by atoms with Crippen LogP contribution in [0, 0.1) is 17.8 Å². The van der Waals surface area contributed by atoms with Gasteiger partial charge in [0.05, 0.1) is 0 Å². The maximum Gasteiger partial charge on any atom is 0.430 e. The van der Waals surface area contributed by atoms with Crippen LogP contribution < -0.4 is 0 Å². The van der Waals surface area contributed by atoms with E-state index in [1.165, 1.54) is 32.1 Å². The first-order valence-corrected chi connectivity index (χ1v) is 10.2. The van der Waals surface area contributed by atoms with Crippen LogP contribution in [0.5, 0.6) is 0 Å². The predicted octanol–water partition coefficient (Wildman–Crippen LogP) is 3.78. The molecule has 0 amide bonds. The van der Waals surface area contributed by atoms with E-state index < -0.39 is 8.72 Å². The zero-order chi connectivity index (χ0) is 14.8. The summed E-state index contributed by atoms with van der Waals surface area (Å²) in [5.41, 5.74) is 0.645. The van der Waals surface area contributed by atoms with E-state index in [1.54, 1.807) is 0 Å². The molecular formula is C16H33NO2Si. The molecule has 1 saturated heterocycles. The van der Waals surface area contributed by atoms with Crippen molar-refractivity contribution in [3.63, 3.8) is 0 Å². The molecule has 2 unspecified atom stereocenters. The van der Waals surface area contributed by atoms with Gasteiger partial charge in [-0.15, -0.1) is 0 Å². The summed E-state index contributed by atoms with van der Waals surface area (Å²) in [6.07, 6.45) is 6.59. The molecular weight excluding hydrogens is 266 g/mol. The van der Waals surface area contributed by atoms with Gasteiger partial charge in [-0.05, 0) is 50.1 Å². The fourth-order valence-corrected chi connectivity index (χ4v) is 8.54. The molecule has 20 heavy (non-hydrogen) atoms. The van der Waals surface area contributed by atoms with E-state index in [-0.39, 0.29) is 0 Å². The Hall–Kier alpha value is 0.0969. The highest BCUT2D eigenvalue weighted by Gasteiger charge is 2.52. The third-order valence-corrected chi connectivity index (χ3v) is 9.45. The van der Waals surface area contributed by atoms with E-state index in [9.17, 15) is 0 Å². The lowest BCUT2D eigenvalue weighted by Gasteiger charge is -2.48. The molecule has 2 fully saturated rings. The summed E-state index contributed by atoms with van der Waals surface area (Å²) >= 11 is 0. The zero-order valence-corrected chi connectivity index (χ0v) is 15.0. The lowest BCUT2D eigenvalue weighted by atomic mass is 9.90. The molecule has 2 rings (SSSR count). The van der Waals surface area contributed by atoms with Gasteiger partial charge in [-0.3, -0.25) is 4.57 Å². The van der Waals surface area contributed by atoms with Crippen molar-refractivity contribution in [3.8, 4) is 0 Å². The van der Waals surface area contributed by atoms with Crippen molar-refractivity contribution in [2.75, 3.05) is 27.3 Å². The van der Waals surface area contributed by atoms with Crippen LogP contribution in [0.1, 0.15) is 52.9 Å². The maximum atomic E-state index is 6.14. The Morgan fingerprint density at radius 1 is 0.800 bits per heavy atom. The van der Waals surface area contributed by atoms with E-state index in [0.717, 1.165) is 30.8 Å². The van der Waals surface area contributed by atoms with Crippen molar-refractivity contribution < 1.29 is 8.85 Å². The number of hydrogen-bond acceptors (Lipinski definition) is 3. The fourth-order valence-electron chi connectivity index (χ4n) is 4.48. The van der Waals surface area contributed by atoms with Crippen LogP contribution >= 0.6 is 0 Å². The minimum absolute atomic E-state index is 0.645. The molecule has 1 heterocycles. The van der Waals surface area contributed by atoms with E-state index in [2.05, 4.69) is 25.3 Å². The van der Waals surface area contributed by atoms with Gasteiger partial charge in [0.1, 0.15) is 0 Å². The quantitative estimate of drug-likeness (QED) is 0.738. The van der Waals surface area contributed by atoms with Gasteiger partial charge in [-0.1, -0.05) is 33.6 Å². The Morgan fingerprint density at radius 2 is 1.30 bits per heavy atom.